The van der Waals surface area contributed by atoms with Crippen molar-refractivity contribution < 1.29 is 0 Å². The second-order valence-electron chi connectivity index (χ2n) is 4.86. The zero-order valence-corrected chi connectivity index (χ0v) is 10.6. The molecule has 0 amide bonds. The maximum Gasteiger partial charge on any atom is 0.00693 e. The van der Waals surface area contributed by atoms with Gasteiger partial charge in [0.2, 0.25) is 0 Å². The van der Waals surface area contributed by atoms with Crippen molar-refractivity contribution in [1.29, 1.82) is 0 Å². The maximum atomic E-state index is 2.30. The van der Waals surface area contributed by atoms with Crippen LogP contribution < -0.4 is 0 Å². The van der Waals surface area contributed by atoms with Crippen molar-refractivity contribution in [2.75, 3.05) is 6.26 Å². The molecule has 0 aromatic heterocycles. The molecule has 0 nitrogen and oxygen atoms in total. The van der Waals surface area contributed by atoms with Crippen molar-refractivity contribution >= 4 is 11.8 Å². The van der Waals surface area contributed by atoms with Crippen LogP contribution in [0, 0.1) is 5.41 Å². The summed E-state index contributed by atoms with van der Waals surface area (Å²) in [5.74, 6) is 0.610. The van der Waals surface area contributed by atoms with E-state index >= 15 is 0 Å². The molecular weight excluding hydrogens is 188 g/mol. The normalized spacial score (nSPS) is 14.1. The van der Waals surface area contributed by atoms with Gasteiger partial charge in [-0.05, 0) is 35.3 Å². The lowest BCUT2D eigenvalue weighted by atomic mass is 9.78. The first kappa shape index (κ1) is 11.6. The van der Waals surface area contributed by atoms with Crippen molar-refractivity contribution in [2.24, 2.45) is 5.41 Å². The quantitative estimate of drug-likeness (QED) is 0.642. The lowest BCUT2D eigenvalue weighted by Gasteiger charge is -2.27. The third kappa shape index (κ3) is 2.78. The summed E-state index contributed by atoms with van der Waals surface area (Å²) in [6, 6.07) is 8.92. The molecule has 0 aliphatic carbocycles. The van der Waals surface area contributed by atoms with Crippen molar-refractivity contribution in [2.45, 2.75) is 38.5 Å². The first-order chi connectivity index (χ1) is 6.45. The van der Waals surface area contributed by atoms with Gasteiger partial charge in [-0.2, -0.15) is 0 Å². The SMILES string of the molecule is CSc1ccc(C(C)C(C)(C)C)cc1. The summed E-state index contributed by atoms with van der Waals surface area (Å²) >= 11 is 1.80. The first-order valence-corrected chi connectivity index (χ1v) is 6.31. The van der Waals surface area contributed by atoms with Gasteiger partial charge >= 0.3 is 0 Å². The fourth-order valence-electron chi connectivity index (χ4n) is 1.39. The standard InChI is InChI=1S/C13H20S/c1-10(13(2,3)4)11-6-8-12(14-5)9-7-11/h6-10H,1-5H3. The van der Waals surface area contributed by atoms with Gasteiger partial charge in [0.1, 0.15) is 0 Å². The van der Waals surface area contributed by atoms with E-state index in [0.717, 1.165) is 0 Å². The van der Waals surface area contributed by atoms with Gasteiger partial charge in [-0.3, -0.25) is 0 Å². The lowest BCUT2D eigenvalue weighted by molar-refractivity contribution is 0.339. The summed E-state index contributed by atoms with van der Waals surface area (Å²) in [6.07, 6.45) is 2.11. The lowest BCUT2D eigenvalue weighted by Crippen LogP contribution is -2.15. The van der Waals surface area contributed by atoms with Gasteiger partial charge in [0.25, 0.3) is 0 Å². The third-order valence-electron chi connectivity index (χ3n) is 2.91. The van der Waals surface area contributed by atoms with Crippen molar-refractivity contribution in [3.63, 3.8) is 0 Å². The Kier molecular flexibility index (Phi) is 3.65. The van der Waals surface area contributed by atoms with Gasteiger partial charge in [-0.15, -0.1) is 11.8 Å². The van der Waals surface area contributed by atoms with Crippen LogP contribution in [0.3, 0.4) is 0 Å². The van der Waals surface area contributed by atoms with E-state index in [4.69, 9.17) is 0 Å². The minimum atomic E-state index is 0.348. The molecule has 0 fully saturated rings. The molecule has 14 heavy (non-hydrogen) atoms. The van der Waals surface area contributed by atoms with E-state index in [0.29, 0.717) is 11.3 Å². The molecule has 0 radical (unpaired) electrons. The van der Waals surface area contributed by atoms with Crippen molar-refractivity contribution in [1.82, 2.24) is 0 Å². The number of benzene rings is 1. The van der Waals surface area contributed by atoms with E-state index in [9.17, 15) is 0 Å². The number of hydrogen-bond donors (Lipinski definition) is 0. The van der Waals surface area contributed by atoms with Gasteiger partial charge < -0.3 is 0 Å². The smallest absolute Gasteiger partial charge is 0.00693 e. The van der Waals surface area contributed by atoms with Crippen molar-refractivity contribution in [3.8, 4) is 0 Å². The Hall–Kier alpha value is -0.430. The van der Waals surface area contributed by atoms with E-state index in [1.807, 2.05) is 0 Å². The molecule has 0 saturated carbocycles. The summed E-state index contributed by atoms with van der Waals surface area (Å²) in [5.41, 5.74) is 1.79. The molecule has 0 spiro atoms. The Labute approximate surface area is 92.1 Å². The molecule has 1 unspecified atom stereocenters. The molecule has 0 N–H and O–H groups in total. The fraction of sp³-hybridized carbons (Fsp3) is 0.538. The van der Waals surface area contributed by atoms with Crippen molar-refractivity contribution in [3.05, 3.63) is 29.8 Å². The van der Waals surface area contributed by atoms with E-state index < -0.39 is 0 Å². The molecule has 0 saturated heterocycles. The van der Waals surface area contributed by atoms with Crippen LogP contribution in [0.5, 0.6) is 0 Å². The van der Waals surface area contributed by atoms with E-state index in [2.05, 4.69) is 58.2 Å². The van der Waals surface area contributed by atoms with Crippen LogP contribution in [0.15, 0.2) is 29.2 Å². The summed E-state index contributed by atoms with van der Waals surface area (Å²) in [5, 5.41) is 0. The third-order valence-corrected chi connectivity index (χ3v) is 3.66. The molecule has 1 heteroatoms. The predicted molar refractivity (Wildman–Crippen MR) is 66.1 cm³/mol. The zero-order chi connectivity index (χ0) is 10.8. The topological polar surface area (TPSA) is 0 Å². The minimum absolute atomic E-state index is 0.348. The summed E-state index contributed by atoms with van der Waals surface area (Å²) in [4.78, 5) is 1.34. The highest BCUT2D eigenvalue weighted by Gasteiger charge is 2.21. The Bertz CT molecular complexity index is 279. The average molecular weight is 208 g/mol. The van der Waals surface area contributed by atoms with Gasteiger partial charge in [-0.25, -0.2) is 0 Å². The van der Waals surface area contributed by atoms with Gasteiger partial charge in [-0.1, -0.05) is 39.8 Å². The molecule has 1 rings (SSSR count). The Morgan fingerprint density at radius 1 is 1.07 bits per heavy atom. The maximum absolute atomic E-state index is 2.30. The van der Waals surface area contributed by atoms with E-state index in [1.165, 1.54) is 10.5 Å². The fourth-order valence-corrected chi connectivity index (χ4v) is 1.80. The molecule has 1 aromatic carbocycles. The monoisotopic (exact) mass is 208 g/mol. The molecule has 0 heterocycles. The van der Waals surface area contributed by atoms with Crippen LogP contribution in [0.4, 0.5) is 0 Å². The average Bonchev–Trinajstić information content (AvgIpc) is 2.15. The molecule has 0 aliphatic rings. The number of hydrogen-bond acceptors (Lipinski definition) is 1. The highest BCUT2D eigenvalue weighted by molar-refractivity contribution is 7.98. The predicted octanol–water partition coefficient (Wildman–Crippen LogP) is 4.56. The highest BCUT2D eigenvalue weighted by Crippen LogP contribution is 2.34. The molecule has 1 atom stereocenters. The van der Waals surface area contributed by atoms with Crippen LogP contribution in [0.1, 0.15) is 39.2 Å². The Morgan fingerprint density at radius 3 is 1.93 bits per heavy atom. The largest absolute Gasteiger partial charge is 0.130 e. The van der Waals surface area contributed by atoms with Gasteiger partial charge in [0, 0.05) is 4.90 Å². The zero-order valence-electron chi connectivity index (χ0n) is 9.79. The van der Waals surface area contributed by atoms with Crippen LogP contribution >= 0.6 is 11.8 Å². The first-order valence-electron chi connectivity index (χ1n) is 5.09. The minimum Gasteiger partial charge on any atom is -0.130 e. The summed E-state index contributed by atoms with van der Waals surface area (Å²) in [6.45, 7) is 9.18. The highest BCUT2D eigenvalue weighted by atomic mass is 32.2. The molecule has 1 aromatic rings. The molecule has 0 aliphatic heterocycles. The number of rotatable bonds is 2. The Morgan fingerprint density at radius 2 is 1.57 bits per heavy atom. The second kappa shape index (κ2) is 4.39. The summed E-state index contributed by atoms with van der Waals surface area (Å²) < 4.78 is 0. The van der Waals surface area contributed by atoms with Crippen LogP contribution in [0.25, 0.3) is 0 Å². The summed E-state index contributed by atoms with van der Waals surface area (Å²) in [7, 11) is 0. The molecule has 78 valence electrons. The van der Waals surface area contributed by atoms with E-state index in [-0.39, 0.29) is 0 Å². The van der Waals surface area contributed by atoms with Gasteiger partial charge in [0.05, 0.1) is 0 Å². The molecule has 0 bridgehead atoms. The second-order valence-corrected chi connectivity index (χ2v) is 5.74. The van der Waals surface area contributed by atoms with Gasteiger partial charge in [0.15, 0.2) is 0 Å². The number of thioether (sulfide) groups is 1. The van der Waals surface area contributed by atoms with Crippen LogP contribution in [-0.2, 0) is 0 Å². The molecular formula is C13H20S. The Balaban J connectivity index is 2.87. The van der Waals surface area contributed by atoms with Crippen LogP contribution in [-0.4, -0.2) is 6.26 Å². The van der Waals surface area contributed by atoms with E-state index in [1.54, 1.807) is 11.8 Å². The van der Waals surface area contributed by atoms with Crippen LogP contribution in [0.2, 0.25) is 0 Å².